The molecular weight excluding hydrogens is 378 g/mol. The summed E-state index contributed by atoms with van der Waals surface area (Å²) >= 11 is 0. The van der Waals surface area contributed by atoms with E-state index in [-0.39, 0.29) is 40.5 Å². The number of benzene rings is 2. The molecule has 1 heterocycles. The number of rotatable bonds is 6. The highest BCUT2D eigenvalue weighted by Gasteiger charge is 2.44. The number of carbonyl (C=O) groups excluding carboxylic acids is 1. The molecule has 0 aromatic heterocycles. The fraction of sp³-hybridized carbons (Fsp3) is 0.333. The third-order valence-electron chi connectivity index (χ3n) is 5.11. The van der Waals surface area contributed by atoms with Crippen molar-refractivity contribution in [3.63, 3.8) is 0 Å². The molecule has 1 aliphatic carbocycles. The lowest BCUT2D eigenvalue weighted by atomic mass is 10.1. The summed E-state index contributed by atoms with van der Waals surface area (Å²) in [7, 11) is 2.84. The first-order valence-electron chi connectivity index (χ1n) is 9.21. The largest absolute Gasteiger partial charge is 0.493 e. The summed E-state index contributed by atoms with van der Waals surface area (Å²) in [6, 6.07) is 8.44. The molecule has 2 aliphatic rings. The van der Waals surface area contributed by atoms with Crippen LogP contribution in [-0.4, -0.2) is 44.4 Å². The maximum absolute atomic E-state index is 12.8. The van der Waals surface area contributed by atoms with Crippen LogP contribution >= 0.6 is 0 Å². The molecular formula is C21H21NO7. The van der Waals surface area contributed by atoms with Crippen LogP contribution in [0.2, 0.25) is 0 Å². The smallest absolute Gasteiger partial charge is 0.335 e. The van der Waals surface area contributed by atoms with E-state index in [4.69, 9.17) is 18.9 Å². The van der Waals surface area contributed by atoms with Gasteiger partial charge in [-0.3, -0.25) is 4.79 Å². The molecule has 0 bridgehead atoms. The Morgan fingerprint density at radius 3 is 2.52 bits per heavy atom. The maximum Gasteiger partial charge on any atom is 0.335 e. The number of methoxy groups -OCH3 is 2. The van der Waals surface area contributed by atoms with Crippen molar-refractivity contribution in [2.45, 2.75) is 12.3 Å². The van der Waals surface area contributed by atoms with Crippen molar-refractivity contribution in [2.24, 2.45) is 5.92 Å². The zero-order valence-corrected chi connectivity index (χ0v) is 16.1. The van der Waals surface area contributed by atoms with Crippen molar-refractivity contribution in [2.75, 3.05) is 32.8 Å². The molecule has 2 N–H and O–H groups in total. The van der Waals surface area contributed by atoms with Crippen molar-refractivity contribution in [1.82, 2.24) is 0 Å². The third-order valence-corrected chi connectivity index (χ3v) is 5.11. The first kappa shape index (κ1) is 18.9. The summed E-state index contributed by atoms with van der Waals surface area (Å²) in [5.41, 5.74) is 1.28. The lowest BCUT2D eigenvalue weighted by Gasteiger charge is -2.19. The molecule has 2 aromatic rings. The van der Waals surface area contributed by atoms with Gasteiger partial charge in [-0.1, -0.05) is 6.07 Å². The Labute approximate surface area is 167 Å². The fourth-order valence-corrected chi connectivity index (χ4v) is 3.55. The van der Waals surface area contributed by atoms with Gasteiger partial charge in [-0.05, 0) is 42.2 Å². The normalized spacial score (nSPS) is 19.2. The fourth-order valence-electron chi connectivity index (χ4n) is 3.55. The van der Waals surface area contributed by atoms with Crippen LogP contribution in [0.3, 0.4) is 0 Å². The van der Waals surface area contributed by atoms with E-state index in [1.165, 1.54) is 26.4 Å². The van der Waals surface area contributed by atoms with Gasteiger partial charge in [0.25, 0.3) is 0 Å². The van der Waals surface area contributed by atoms with E-state index in [9.17, 15) is 14.7 Å². The van der Waals surface area contributed by atoms with E-state index in [2.05, 4.69) is 5.32 Å². The van der Waals surface area contributed by atoms with Crippen LogP contribution in [0.5, 0.6) is 23.0 Å². The molecule has 1 amide bonds. The molecule has 2 unspecified atom stereocenters. The van der Waals surface area contributed by atoms with Crippen LogP contribution in [0.25, 0.3) is 0 Å². The number of aromatic carboxylic acids is 1. The molecule has 152 valence electrons. The second-order valence-corrected chi connectivity index (χ2v) is 6.91. The number of carbonyl (C=O) groups is 2. The minimum atomic E-state index is -1.12. The molecule has 1 saturated carbocycles. The molecule has 1 fully saturated rings. The van der Waals surface area contributed by atoms with Gasteiger partial charge in [-0.15, -0.1) is 0 Å². The van der Waals surface area contributed by atoms with E-state index in [0.29, 0.717) is 31.1 Å². The number of anilines is 1. The van der Waals surface area contributed by atoms with Crippen LogP contribution in [0.1, 0.15) is 28.3 Å². The van der Waals surface area contributed by atoms with Gasteiger partial charge in [-0.25, -0.2) is 4.79 Å². The number of hydrogen-bond donors (Lipinski definition) is 2. The average molecular weight is 399 g/mol. The summed E-state index contributed by atoms with van der Waals surface area (Å²) in [6.07, 6.45) is 0.698. The highest BCUT2D eigenvalue weighted by molar-refractivity contribution is 5.99. The summed E-state index contributed by atoms with van der Waals surface area (Å²) in [4.78, 5) is 24.2. The third kappa shape index (κ3) is 3.65. The minimum absolute atomic E-state index is 0.00265. The minimum Gasteiger partial charge on any atom is -0.493 e. The van der Waals surface area contributed by atoms with Crippen LogP contribution in [0.15, 0.2) is 30.3 Å². The van der Waals surface area contributed by atoms with Crippen LogP contribution in [0.4, 0.5) is 5.69 Å². The van der Waals surface area contributed by atoms with E-state index in [0.717, 1.165) is 5.56 Å². The Morgan fingerprint density at radius 2 is 1.83 bits per heavy atom. The van der Waals surface area contributed by atoms with Gasteiger partial charge in [0.1, 0.15) is 13.2 Å². The number of amides is 1. The number of ether oxygens (including phenoxy) is 4. The zero-order valence-electron chi connectivity index (χ0n) is 16.1. The highest BCUT2D eigenvalue weighted by Crippen LogP contribution is 2.50. The SMILES string of the molecule is COc1cc(C(=O)O)cc(NC(=O)C2CC2c2ccc3c(c2)OCCO3)c1OC. The monoisotopic (exact) mass is 399 g/mol. The number of carboxylic acid groups (broad SMARTS) is 1. The lowest BCUT2D eigenvalue weighted by molar-refractivity contribution is -0.117. The maximum atomic E-state index is 12.8. The zero-order chi connectivity index (χ0) is 20.5. The van der Waals surface area contributed by atoms with E-state index >= 15 is 0 Å². The molecule has 2 aromatic carbocycles. The van der Waals surface area contributed by atoms with Crippen molar-refractivity contribution in [3.05, 3.63) is 41.5 Å². The molecule has 8 nitrogen and oxygen atoms in total. The van der Waals surface area contributed by atoms with Gasteiger partial charge >= 0.3 is 5.97 Å². The van der Waals surface area contributed by atoms with Crippen LogP contribution in [-0.2, 0) is 4.79 Å². The summed E-state index contributed by atoms with van der Waals surface area (Å²) in [5.74, 6) is 0.450. The van der Waals surface area contributed by atoms with Crippen molar-refractivity contribution >= 4 is 17.6 Å². The second-order valence-electron chi connectivity index (χ2n) is 6.91. The van der Waals surface area contributed by atoms with Crippen LogP contribution < -0.4 is 24.3 Å². The molecule has 2 atom stereocenters. The molecule has 4 rings (SSSR count). The molecule has 0 saturated heterocycles. The summed E-state index contributed by atoms with van der Waals surface area (Å²) < 4.78 is 21.7. The van der Waals surface area contributed by atoms with Crippen molar-refractivity contribution < 1.29 is 33.6 Å². The summed E-state index contributed by atoms with van der Waals surface area (Å²) in [6.45, 7) is 1.04. The molecule has 0 spiro atoms. The lowest BCUT2D eigenvalue weighted by Crippen LogP contribution is -2.17. The Balaban J connectivity index is 1.52. The molecule has 8 heteroatoms. The van der Waals surface area contributed by atoms with E-state index in [1.807, 2.05) is 18.2 Å². The van der Waals surface area contributed by atoms with Gasteiger partial charge in [0, 0.05) is 5.92 Å². The van der Waals surface area contributed by atoms with Crippen molar-refractivity contribution in [1.29, 1.82) is 0 Å². The first-order chi connectivity index (χ1) is 14.0. The average Bonchev–Trinajstić information content (AvgIpc) is 3.53. The molecule has 29 heavy (non-hydrogen) atoms. The number of fused-ring (bicyclic) bond motifs is 1. The summed E-state index contributed by atoms with van der Waals surface area (Å²) in [5, 5.41) is 12.1. The Kier molecular flexibility index (Phi) is 4.92. The topological polar surface area (TPSA) is 103 Å². The number of nitrogens with one attached hydrogen (secondary N) is 1. The number of hydrogen-bond acceptors (Lipinski definition) is 6. The van der Waals surface area contributed by atoms with Gasteiger partial charge in [-0.2, -0.15) is 0 Å². The Bertz CT molecular complexity index is 972. The predicted molar refractivity (Wildman–Crippen MR) is 103 cm³/mol. The second kappa shape index (κ2) is 7.54. The standard InChI is InChI=1S/C21H21NO7/c1-26-18-9-12(21(24)25)7-15(19(18)27-2)22-20(23)14-10-13(14)11-3-4-16-17(8-11)29-6-5-28-16/h3-4,7-9,13-14H,5-6,10H2,1-2H3,(H,22,23)(H,24,25). The highest BCUT2D eigenvalue weighted by atomic mass is 16.6. The number of carboxylic acids is 1. The first-order valence-corrected chi connectivity index (χ1v) is 9.21. The molecule has 1 aliphatic heterocycles. The van der Waals surface area contributed by atoms with Gasteiger partial charge in [0.05, 0.1) is 25.5 Å². The predicted octanol–water partition coefficient (Wildman–Crippen LogP) is 2.92. The Hall–Kier alpha value is -3.42. The van der Waals surface area contributed by atoms with Gasteiger partial charge in [0.2, 0.25) is 5.91 Å². The van der Waals surface area contributed by atoms with Gasteiger partial charge in [0.15, 0.2) is 23.0 Å². The van der Waals surface area contributed by atoms with Crippen molar-refractivity contribution in [3.8, 4) is 23.0 Å². The van der Waals surface area contributed by atoms with E-state index in [1.54, 1.807) is 0 Å². The van der Waals surface area contributed by atoms with E-state index < -0.39 is 5.97 Å². The molecule has 0 radical (unpaired) electrons. The Morgan fingerprint density at radius 1 is 1.07 bits per heavy atom. The van der Waals surface area contributed by atoms with Gasteiger partial charge < -0.3 is 29.4 Å². The van der Waals surface area contributed by atoms with Crippen LogP contribution in [0, 0.1) is 5.92 Å². The quantitative estimate of drug-likeness (QED) is 0.770.